The first-order valence-corrected chi connectivity index (χ1v) is 4.95. The highest BCUT2D eigenvalue weighted by Crippen LogP contribution is 2.23. The zero-order valence-electron chi connectivity index (χ0n) is 7.09. The van der Waals surface area contributed by atoms with E-state index >= 15 is 0 Å². The van der Waals surface area contributed by atoms with Gasteiger partial charge >= 0.3 is 0 Å². The summed E-state index contributed by atoms with van der Waals surface area (Å²) in [6.07, 6.45) is 1.62. The maximum absolute atomic E-state index is 9.03. The van der Waals surface area contributed by atoms with Crippen LogP contribution in [0.1, 0.15) is 11.6 Å². The Morgan fingerprint density at radius 2 is 2.46 bits per heavy atom. The van der Waals surface area contributed by atoms with Crippen LogP contribution in [0.4, 0.5) is 0 Å². The zero-order valence-corrected chi connectivity index (χ0v) is 9.43. The molecule has 2 N–H and O–H groups in total. The normalized spacial score (nSPS) is 12.9. The van der Waals surface area contributed by atoms with Crippen LogP contribution in [0.5, 0.6) is 0 Å². The van der Waals surface area contributed by atoms with Gasteiger partial charge in [-0.25, -0.2) is 4.98 Å². The third kappa shape index (κ3) is 2.64. The van der Waals surface area contributed by atoms with Gasteiger partial charge in [-0.2, -0.15) is 0 Å². The van der Waals surface area contributed by atoms with Gasteiger partial charge in [0.15, 0.2) is 0 Å². The van der Waals surface area contributed by atoms with Crippen LogP contribution in [0.2, 0.25) is 5.15 Å². The lowest BCUT2D eigenvalue weighted by Crippen LogP contribution is -2.20. The van der Waals surface area contributed by atoms with E-state index in [0.29, 0.717) is 5.15 Å². The lowest BCUT2D eigenvalue weighted by atomic mass is 10.1. The monoisotopic (exact) mass is 264 g/mol. The van der Waals surface area contributed by atoms with Gasteiger partial charge in [0.2, 0.25) is 0 Å². The first kappa shape index (κ1) is 10.9. The third-order valence-corrected chi connectivity index (χ3v) is 2.49. The van der Waals surface area contributed by atoms with Gasteiger partial charge in [0.05, 0.1) is 12.6 Å². The Morgan fingerprint density at radius 1 is 1.77 bits per heavy atom. The summed E-state index contributed by atoms with van der Waals surface area (Å²) >= 11 is 9.16. The SMILES string of the molecule is CNC(CO)c1cc(Br)cnc1Cl. The fourth-order valence-corrected chi connectivity index (χ4v) is 1.61. The smallest absolute Gasteiger partial charge is 0.133 e. The topological polar surface area (TPSA) is 45.1 Å². The second kappa shape index (κ2) is 4.91. The van der Waals surface area contributed by atoms with E-state index in [0.717, 1.165) is 10.0 Å². The van der Waals surface area contributed by atoms with Crippen molar-refractivity contribution in [3.05, 3.63) is 27.5 Å². The molecule has 0 radical (unpaired) electrons. The average molecular weight is 266 g/mol. The lowest BCUT2D eigenvalue weighted by molar-refractivity contribution is 0.251. The fraction of sp³-hybridized carbons (Fsp3) is 0.375. The van der Waals surface area contributed by atoms with Gasteiger partial charge in [0, 0.05) is 16.2 Å². The Balaban J connectivity index is 3.03. The van der Waals surface area contributed by atoms with Crippen LogP contribution >= 0.6 is 27.5 Å². The molecule has 1 rings (SSSR count). The minimum Gasteiger partial charge on any atom is -0.394 e. The highest BCUT2D eigenvalue weighted by atomic mass is 79.9. The molecule has 3 nitrogen and oxygen atoms in total. The van der Waals surface area contributed by atoms with Crippen molar-refractivity contribution in [3.8, 4) is 0 Å². The molecule has 0 aliphatic carbocycles. The number of aromatic nitrogens is 1. The van der Waals surface area contributed by atoms with Crippen molar-refractivity contribution in [2.24, 2.45) is 0 Å². The molecule has 0 aliphatic heterocycles. The van der Waals surface area contributed by atoms with Crippen molar-refractivity contribution >= 4 is 27.5 Å². The maximum Gasteiger partial charge on any atom is 0.133 e. The Bertz CT molecular complexity index is 291. The summed E-state index contributed by atoms with van der Waals surface area (Å²) in [4.78, 5) is 3.96. The molecule has 0 amide bonds. The van der Waals surface area contributed by atoms with E-state index in [-0.39, 0.29) is 12.6 Å². The van der Waals surface area contributed by atoms with Crippen molar-refractivity contribution in [2.75, 3.05) is 13.7 Å². The van der Waals surface area contributed by atoms with E-state index in [4.69, 9.17) is 16.7 Å². The molecule has 1 aromatic rings. The molecule has 0 fully saturated rings. The number of hydrogen-bond donors (Lipinski definition) is 2. The Morgan fingerprint density at radius 3 is 3.00 bits per heavy atom. The highest BCUT2D eigenvalue weighted by molar-refractivity contribution is 9.10. The Labute approximate surface area is 90.3 Å². The fourth-order valence-electron chi connectivity index (χ4n) is 1.03. The number of halogens is 2. The molecule has 0 saturated carbocycles. The molecule has 72 valence electrons. The van der Waals surface area contributed by atoms with E-state index in [2.05, 4.69) is 26.2 Å². The summed E-state index contributed by atoms with van der Waals surface area (Å²) < 4.78 is 0.848. The van der Waals surface area contributed by atoms with Crippen molar-refractivity contribution in [1.82, 2.24) is 10.3 Å². The van der Waals surface area contributed by atoms with Gasteiger partial charge in [0.25, 0.3) is 0 Å². The van der Waals surface area contributed by atoms with E-state index in [1.807, 2.05) is 6.07 Å². The van der Waals surface area contributed by atoms with Gasteiger partial charge in [-0.05, 0) is 29.0 Å². The summed E-state index contributed by atoms with van der Waals surface area (Å²) in [5.74, 6) is 0. The third-order valence-electron chi connectivity index (χ3n) is 1.74. The first-order valence-electron chi connectivity index (χ1n) is 3.78. The summed E-state index contributed by atoms with van der Waals surface area (Å²) in [6.45, 7) is -0.00560. The largest absolute Gasteiger partial charge is 0.394 e. The Kier molecular flexibility index (Phi) is 4.12. The van der Waals surface area contributed by atoms with Crippen molar-refractivity contribution in [1.29, 1.82) is 0 Å². The molecule has 1 unspecified atom stereocenters. The van der Waals surface area contributed by atoms with Crippen LogP contribution in [0.25, 0.3) is 0 Å². The molecule has 0 spiro atoms. The van der Waals surface area contributed by atoms with Gasteiger partial charge in [-0.1, -0.05) is 11.6 Å². The van der Waals surface area contributed by atoms with E-state index < -0.39 is 0 Å². The number of pyridine rings is 1. The molecule has 0 aromatic carbocycles. The first-order chi connectivity index (χ1) is 6.19. The summed E-state index contributed by atoms with van der Waals surface area (Å²) in [6, 6.07) is 1.67. The zero-order chi connectivity index (χ0) is 9.84. The van der Waals surface area contributed by atoms with Crippen LogP contribution in [0.3, 0.4) is 0 Å². The minimum absolute atomic E-state index is 0.00560. The molecule has 1 heterocycles. The Hall–Kier alpha value is -0.160. The number of aliphatic hydroxyl groups excluding tert-OH is 1. The predicted octanol–water partition coefficient (Wildman–Crippen LogP) is 1.75. The summed E-state index contributed by atoms with van der Waals surface area (Å²) in [5, 5.41) is 12.4. The van der Waals surface area contributed by atoms with Crippen LogP contribution in [-0.4, -0.2) is 23.7 Å². The molecular formula is C8H10BrClN2O. The standard InChI is InChI=1S/C8H10BrClN2O/c1-11-7(4-13)6-2-5(9)3-12-8(6)10/h2-3,7,11,13H,4H2,1H3. The summed E-state index contributed by atoms with van der Waals surface area (Å²) in [7, 11) is 1.76. The van der Waals surface area contributed by atoms with E-state index in [1.165, 1.54) is 0 Å². The van der Waals surface area contributed by atoms with Crippen LogP contribution in [0, 0.1) is 0 Å². The van der Waals surface area contributed by atoms with E-state index in [1.54, 1.807) is 13.2 Å². The molecule has 1 atom stereocenters. The van der Waals surface area contributed by atoms with E-state index in [9.17, 15) is 0 Å². The molecule has 1 aromatic heterocycles. The van der Waals surface area contributed by atoms with Crippen molar-refractivity contribution in [3.63, 3.8) is 0 Å². The van der Waals surface area contributed by atoms with Crippen LogP contribution in [0.15, 0.2) is 16.7 Å². The number of rotatable bonds is 3. The molecular weight excluding hydrogens is 255 g/mol. The quantitative estimate of drug-likeness (QED) is 0.819. The summed E-state index contributed by atoms with van der Waals surface area (Å²) in [5.41, 5.74) is 0.793. The van der Waals surface area contributed by atoms with Gasteiger partial charge < -0.3 is 10.4 Å². The van der Waals surface area contributed by atoms with Gasteiger partial charge in [0.1, 0.15) is 5.15 Å². The molecule has 0 saturated heterocycles. The predicted molar refractivity (Wildman–Crippen MR) is 55.8 cm³/mol. The van der Waals surface area contributed by atoms with Gasteiger partial charge in [-0.15, -0.1) is 0 Å². The second-order valence-corrected chi connectivity index (χ2v) is 3.83. The van der Waals surface area contributed by atoms with Gasteiger partial charge in [-0.3, -0.25) is 0 Å². The number of nitrogens with zero attached hydrogens (tertiary/aromatic N) is 1. The average Bonchev–Trinajstić information content (AvgIpc) is 2.13. The number of aliphatic hydroxyl groups is 1. The van der Waals surface area contributed by atoms with Crippen LogP contribution in [-0.2, 0) is 0 Å². The van der Waals surface area contributed by atoms with Crippen molar-refractivity contribution in [2.45, 2.75) is 6.04 Å². The second-order valence-electron chi connectivity index (χ2n) is 2.56. The lowest BCUT2D eigenvalue weighted by Gasteiger charge is -2.14. The van der Waals surface area contributed by atoms with Crippen molar-refractivity contribution < 1.29 is 5.11 Å². The van der Waals surface area contributed by atoms with Crippen LogP contribution < -0.4 is 5.32 Å². The molecule has 5 heteroatoms. The molecule has 0 bridgehead atoms. The number of likely N-dealkylation sites (N-methyl/N-ethyl adjacent to an activating group) is 1. The maximum atomic E-state index is 9.03. The minimum atomic E-state index is -0.169. The highest BCUT2D eigenvalue weighted by Gasteiger charge is 2.12. The number of nitrogens with one attached hydrogen (secondary N) is 1. The molecule has 0 aliphatic rings. The molecule has 13 heavy (non-hydrogen) atoms. The number of hydrogen-bond acceptors (Lipinski definition) is 3.